The van der Waals surface area contributed by atoms with Gasteiger partial charge in [0.25, 0.3) is 0 Å². The highest BCUT2D eigenvalue weighted by molar-refractivity contribution is 6.87. The fourth-order valence-electron chi connectivity index (χ4n) is 1.74. The van der Waals surface area contributed by atoms with Crippen molar-refractivity contribution in [1.82, 2.24) is 0 Å². The van der Waals surface area contributed by atoms with Gasteiger partial charge in [-0.15, -0.1) is 5.54 Å². The van der Waals surface area contributed by atoms with Gasteiger partial charge in [0.05, 0.1) is 0 Å². The topological polar surface area (TPSA) is 0 Å². The summed E-state index contributed by atoms with van der Waals surface area (Å²) in [6, 6.07) is 14.2. The summed E-state index contributed by atoms with van der Waals surface area (Å²) in [6.07, 6.45) is 0. The van der Waals surface area contributed by atoms with Crippen molar-refractivity contribution in [2.45, 2.75) is 38.9 Å². The van der Waals surface area contributed by atoms with Crippen LogP contribution in [0.2, 0.25) is 18.1 Å². The fourth-order valence-corrected chi connectivity index (χ4v) is 4.18. The van der Waals surface area contributed by atoms with E-state index in [-0.39, 0.29) is 0 Å². The van der Waals surface area contributed by atoms with Gasteiger partial charge in [-0.05, 0) is 30.3 Å². The summed E-state index contributed by atoms with van der Waals surface area (Å²) in [5.74, 6) is 3.35. The van der Waals surface area contributed by atoms with Crippen LogP contribution in [0, 0.1) is 11.5 Å². The van der Waals surface area contributed by atoms with E-state index in [0.717, 1.165) is 5.56 Å². The average molecular weight is 216 g/mol. The third-order valence-electron chi connectivity index (χ3n) is 3.28. The Bertz CT molecular complexity index is 330. The van der Waals surface area contributed by atoms with Crippen LogP contribution >= 0.6 is 0 Å². The monoisotopic (exact) mass is 216 g/mol. The van der Waals surface area contributed by atoms with Crippen molar-refractivity contribution in [1.29, 1.82) is 0 Å². The van der Waals surface area contributed by atoms with Gasteiger partial charge in [0.1, 0.15) is 8.07 Å². The predicted molar refractivity (Wildman–Crippen MR) is 70.5 cm³/mol. The van der Waals surface area contributed by atoms with Crippen molar-refractivity contribution in [2.24, 2.45) is 0 Å². The smallest absolute Gasteiger partial charge is 0.126 e. The predicted octanol–water partition coefficient (Wildman–Crippen LogP) is 4.09. The normalized spacial score (nSPS) is 10.6. The molecule has 0 nitrogen and oxygen atoms in total. The van der Waals surface area contributed by atoms with E-state index >= 15 is 0 Å². The Labute approximate surface area is 94.7 Å². The molecule has 1 aromatic carbocycles. The van der Waals surface area contributed by atoms with E-state index < -0.39 is 8.07 Å². The van der Waals surface area contributed by atoms with E-state index in [1.165, 1.54) is 18.1 Å². The molecule has 0 unspecified atom stereocenters. The summed E-state index contributed by atoms with van der Waals surface area (Å²) in [5.41, 5.74) is 4.74. The van der Waals surface area contributed by atoms with E-state index in [1.54, 1.807) is 0 Å². The first kappa shape index (κ1) is 12.1. The number of hydrogen-bond acceptors (Lipinski definition) is 0. The summed E-state index contributed by atoms with van der Waals surface area (Å²) < 4.78 is 0. The molecule has 1 rings (SSSR count). The molecule has 0 saturated carbocycles. The van der Waals surface area contributed by atoms with E-state index in [2.05, 4.69) is 56.5 Å². The molecule has 0 aliphatic carbocycles. The second kappa shape index (κ2) is 5.78. The van der Waals surface area contributed by atoms with Crippen molar-refractivity contribution >= 4 is 8.07 Å². The first-order valence-electron chi connectivity index (χ1n) is 5.84. The molecular weight excluding hydrogens is 196 g/mol. The van der Waals surface area contributed by atoms with Crippen LogP contribution in [0.3, 0.4) is 0 Å². The lowest BCUT2D eigenvalue weighted by atomic mass is 10.2. The van der Waals surface area contributed by atoms with Gasteiger partial charge in [0.15, 0.2) is 0 Å². The lowest BCUT2D eigenvalue weighted by Crippen LogP contribution is -2.29. The van der Waals surface area contributed by atoms with Crippen molar-refractivity contribution in [3.63, 3.8) is 0 Å². The van der Waals surface area contributed by atoms with Gasteiger partial charge in [-0.2, -0.15) is 0 Å². The molecule has 0 atom stereocenters. The van der Waals surface area contributed by atoms with Crippen LogP contribution in [-0.4, -0.2) is 8.07 Å². The highest BCUT2D eigenvalue weighted by Gasteiger charge is 2.23. The highest BCUT2D eigenvalue weighted by Crippen LogP contribution is 2.18. The van der Waals surface area contributed by atoms with Crippen LogP contribution in [0.1, 0.15) is 26.3 Å². The Balaban J connectivity index is 2.88. The van der Waals surface area contributed by atoms with Crippen LogP contribution in [0.4, 0.5) is 0 Å². The van der Waals surface area contributed by atoms with E-state index in [4.69, 9.17) is 0 Å². The van der Waals surface area contributed by atoms with Crippen molar-refractivity contribution < 1.29 is 0 Å². The van der Waals surface area contributed by atoms with E-state index in [0.29, 0.717) is 0 Å². The average Bonchev–Trinajstić information content (AvgIpc) is 2.33. The van der Waals surface area contributed by atoms with Gasteiger partial charge in [-0.3, -0.25) is 0 Å². The molecule has 0 saturated heterocycles. The third kappa shape index (κ3) is 3.25. The van der Waals surface area contributed by atoms with Crippen LogP contribution in [0.5, 0.6) is 0 Å². The standard InChI is InChI=1S/C14H20Si/c1-4-15(5-2,6-3)13-12-14-10-8-7-9-11-14/h7-11H,4-6H2,1-3H3. The molecule has 0 aliphatic heterocycles. The summed E-state index contributed by atoms with van der Waals surface area (Å²) in [5, 5.41) is 0. The van der Waals surface area contributed by atoms with Crippen molar-refractivity contribution in [2.75, 3.05) is 0 Å². The van der Waals surface area contributed by atoms with Crippen LogP contribution in [0.15, 0.2) is 30.3 Å². The molecule has 0 radical (unpaired) electrons. The van der Waals surface area contributed by atoms with Crippen LogP contribution in [-0.2, 0) is 0 Å². The second-order valence-electron chi connectivity index (χ2n) is 3.96. The maximum Gasteiger partial charge on any atom is 0.138 e. The summed E-state index contributed by atoms with van der Waals surface area (Å²) in [7, 11) is -1.26. The Morgan fingerprint density at radius 2 is 1.47 bits per heavy atom. The van der Waals surface area contributed by atoms with Gasteiger partial charge in [-0.25, -0.2) is 0 Å². The maximum atomic E-state index is 3.59. The van der Waals surface area contributed by atoms with Gasteiger partial charge in [-0.1, -0.05) is 44.9 Å². The zero-order valence-corrected chi connectivity index (χ0v) is 11.0. The summed E-state index contributed by atoms with van der Waals surface area (Å²) in [6.45, 7) is 6.87. The minimum absolute atomic E-state index is 1.16. The minimum Gasteiger partial charge on any atom is -0.126 e. The Morgan fingerprint density at radius 3 is 1.93 bits per heavy atom. The van der Waals surface area contributed by atoms with E-state index in [9.17, 15) is 0 Å². The molecular formula is C14H20Si. The SMILES string of the molecule is CC[Si](C#Cc1ccccc1)(CC)CC. The second-order valence-corrected chi connectivity index (χ2v) is 8.89. The van der Waals surface area contributed by atoms with E-state index in [1.807, 2.05) is 6.07 Å². The van der Waals surface area contributed by atoms with Crippen LogP contribution < -0.4 is 0 Å². The first-order valence-corrected chi connectivity index (χ1v) is 8.46. The van der Waals surface area contributed by atoms with Gasteiger partial charge < -0.3 is 0 Å². The molecule has 0 bridgehead atoms. The van der Waals surface area contributed by atoms with Gasteiger partial charge in [0, 0.05) is 5.56 Å². The van der Waals surface area contributed by atoms with Crippen molar-refractivity contribution in [3.05, 3.63) is 35.9 Å². The molecule has 0 aromatic heterocycles. The largest absolute Gasteiger partial charge is 0.138 e. The molecule has 0 spiro atoms. The molecule has 0 heterocycles. The third-order valence-corrected chi connectivity index (χ3v) is 7.99. The summed E-state index contributed by atoms with van der Waals surface area (Å²) >= 11 is 0. The molecule has 15 heavy (non-hydrogen) atoms. The zero-order chi connectivity index (χ0) is 11.1. The van der Waals surface area contributed by atoms with Crippen LogP contribution in [0.25, 0.3) is 0 Å². The fraction of sp³-hybridized carbons (Fsp3) is 0.429. The Morgan fingerprint density at radius 1 is 0.933 bits per heavy atom. The maximum absolute atomic E-state index is 3.59. The number of rotatable bonds is 3. The number of hydrogen-bond donors (Lipinski definition) is 0. The Hall–Kier alpha value is -1.00. The number of benzene rings is 1. The highest BCUT2D eigenvalue weighted by atomic mass is 28.3. The molecule has 0 N–H and O–H groups in total. The Kier molecular flexibility index (Phi) is 4.65. The molecule has 80 valence electrons. The lowest BCUT2D eigenvalue weighted by molar-refractivity contribution is 1.20. The van der Waals surface area contributed by atoms with Gasteiger partial charge in [0.2, 0.25) is 0 Å². The molecule has 0 fully saturated rings. The summed E-state index contributed by atoms with van der Waals surface area (Å²) in [4.78, 5) is 0. The molecule has 0 amide bonds. The molecule has 1 heteroatoms. The lowest BCUT2D eigenvalue weighted by Gasteiger charge is -2.19. The quantitative estimate of drug-likeness (QED) is 0.527. The molecule has 1 aromatic rings. The minimum atomic E-state index is -1.26. The zero-order valence-electron chi connectivity index (χ0n) is 10.0. The van der Waals surface area contributed by atoms with Crippen molar-refractivity contribution in [3.8, 4) is 11.5 Å². The first-order chi connectivity index (χ1) is 7.26. The molecule has 0 aliphatic rings. The van der Waals surface area contributed by atoms with Gasteiger partial charge >= 0.3 is 0 Å².